The first-order valence-corrected chi connectivity index (χ1v) is 11.1. The van der Waals surface area contributed by atoms with Crippen LogP contribution in [0.4, 0.5) is 17.6 Å². The SMILES string of the molecule is Fc1cc(SSc2cc(F)c(-c3ccccc3)c(F)c2)cc(F)c1-c1ccccc1. The average molecular weight is 443 g/mol. The van der Waals surface area contributed by atoms with Gasteiger partial charge in [-0.2, -0.15) is 0 Å². The minimum Gasteiger partial charge on any atom is -0.206 e. The van der Waals surface area contributed by atoms with Gasteiger partial charge in [-0.15, -0.1) is 0 Å². The molecule has 0 saturated heterocycles. The number of hydrogen-bond acceptors (Lipinski definition) is 2. The van der Waals surface area contributed by atoms with Crippen molar-refractivity contribution in [3.8, 4) is 22.3 Å². The van der Waals surface area contributed by atoms with Crippen molar-refractivity contribution in [2.75, 3.05) is 0 Å². The zero-order valence-electron chi connectivity index (χ0n) is 15.4. The van der Waals surface area contributed by atoms with Crippen LogP contribution in [-0.2, 0) is 0 Å². The summed E-state index contributed by atoms with van der Waals surface area (Å²) in [7, 11) is 2.06. The Hall–Kier alpha value is -2.70. The van der Waals surface area contributed by atoms with Crippen LogP contribution in [0.5, 0.6) is 0 Å². The summed E-state index contributed by atoms with van der Waals surface area (Å²) >= 11 is 0. The molecule has 150 valence electrons. The first-order valence-electron chi connectivity index (χ1n) is 8.96. The highest BCUT2D eigenvalue weighted by atomic mass is 33.1. The van der Waals surface area contributed by atoms with Gasteiger partial charge in [0.15, 0.2) is 0 Å². The average Bonchev–Trinajstić information content (AvgIpc) is 2.73. The van der Waals surface area contributed by atoms with Crippen molar-refractivity contribution in [3.63, 3.8) is 0 Å². The van der Waals surface area contributed by atoms with Crippen LogP contribution in [0.15, 0.2) is 94.7 Å². The molecule has 4 aromatic carbocycles. The molecule has 0 aromatic heterocycles. The molecule has 0 saturated carbocycles. The molecule has 6 heteroatoms. The Morgan fingerprint density at radius 3 is 1.03 bits per heavy atom. The molecule has 0 amide bonds. The summed E-state index contributed by atoms with van der Waals surface area (Å²) < 4.78 is 58.0. The lowest BCUT2D eigenvalue weighted by Gasteiger charge is -2.10. The summed E-state index contributed by atoms with van der Waals surface area (Å²) in [6.45, 7) is 0. The highest BCUT2D eigenvalue weighted by Gasteiger charge is 2.16. The molecule has 0 aliphatic heterocycles. The van der Waals surface area contributed by atoms with Crippen molar-refractivity contribution in [2.45, 2.75) is 9.79 Å². The van der Waals surface area contributed by atoms with Gasteiger partial charge in [0.25, 0.3) is 0 Å². The molecule has 0 heterocycles. The van der Waals surface area contributed by atoms with E-state index in [1.54, 1.807) is 60.7 Å². The zero-order chi connectivity index (χ0) is 21.1. The lowest BCUT2D eigenvalue weighted by atomic mass is 10.0. The largest absolute Gasteiger partial charge is 0.206 e. The van der Waals surface area contributed by atoms with E-state index in [4.69, 9.17) is 0 Å². The second kappa shape index (κ2) is 8.98. The maximum Gasteiger partial charge on any atom is 0.135 e. The van der Waals surface area contributed by atoms with Gasteiger partial charge in [-0.3, -0.25) is 0 Å². The van der Waals surface area contributed by atoms with Crippen molar-refractivity contribution < 1.29 is 17.6 Å². The Morgan fingerprint density at radius 2 is 0.733 bits per heavy atom. The van der Waals surface area contributed by atoms with Crippen LogP contribution >= 0.6 is 21.6 Å². The molecule has 4 rings (SSSR count). The van der Waals surface area contributed by atoms with Crippen LogP contribution in [-0.4, -0.2) is 0 Å². The van der Waals surface area contributed by atoms with Gasteiger partial charge < -0.3 is 0 Å². The van der Waals surface area contributed by atoms with E-state index in [1.165, 1.54) is 24.3 Å². The van der Waals surface area contributed by atoms with Crippen molar-refractivity contribution in [3.05, 3.63) is 108 Å². The molecule has 0 bridgehead atoms. The first-order chi connectivity index (χ1) is 14.5. The third kappa shape index (κ3) is 4.40. The highest BCUT2D eigenvalue weighted by Crippen LogP contribution is 2.41. The smallest absolute Gasteiger partial charge is 0.135 e. The molecule has 0 N–H and O–H groups in total. The van der Waals surface area contributed by atoms with Gasteiger partial charge in [0.2, 0.25) is 0 Å². The van der Waals surface area contributed by atoms with Gasteiger partial charge in [-0.05, 0) is 35.4 Å². The number of rotatable bonds is 5. The topological polar surface area (TPSA) is 0 Å². The highest BCUT2D eigenvalue weighted by molar-refractivity contribution is 8.76. The maximum absolute atomic E-state index is 14.5. The summed E-state index contributed by atoms with van der Waals surface area (Å²) in [6.07, 6.45) is 0. The molecule has 0 aliphatic carbocycles. The molecule has 30 heavy (non-hydrogen) atoms. The number of benzene rings is 4. The second-order valence-corrected chi connectivity index (χ2v) is 8.70. The Kier molecular flexibility index (Phi) is 6.16. The van der Waals surface area contributed by atoms with Crippen molar-refractivity contribution in [1.82, 2.24) is 0 Å². The van der Waals surface area contributed by atoms with Crippen molar-refractivity contribution in [1.29, 1.82) is 0 Å². The monoisotopic (exact) mass is 442 g/mol. The van der Waals surface area contributed by atoms with Gasteiger partial charge in [-0.25, -0.2) is 17.6 Å². The molecule has 0 fully saturated rings. The molecule has 0 unspecified atom stereocenters. The Balaban J connectivity index is 1.55. The summed E-state index contributed by atoms with van der Waals surface area (Å²) in [5.74, 6) is -2.77. The van der Waals surface area contributed by atoms with E-state index in [1.807, 2.05) is 0 Å². The first kappa shape index (κ1) is 20.6. The van der Waals surface area contributed by atoms with E-state index in [-0.39, 0.29) is 11.1 Å². The van der Waals surface area contributed by atoms with E-state index >= 15 is 0 Å². The van der Waals surface area contributed by atoms with E-state index in [0.717, 1.165) is 21.6 Å². The summed E-state index contributed by atoms with van der Waals surface area (Å²) in [5.41, 5.74) is 0.679. The summed E-state index contributed by atoms with van der Waals surface area (Å²) in [5, 5.41) is 0. The molecule has 0 nitrogen and oxygen atoms in total. The van der Waals surface area contributed by atoms with E-state index in [2.05, 4.69) is 0 Å². The minimum atomic E-state index is -0.693. The fourth-order valence-corrected chi connectivity index (χ4v) is 5.01. The molecule has 0 atom stereocenters. The van der Waals surface area contributed by atoms with Gasteiger partial charge in [0.05, 0.1) is 11.1 Å². The maximum atomic E-state index is 14.5. The Bertz CT molecular complexity index is 1040. The third-order valence-electron chi connectivity index (χ3n) is 4.39. The lowest BCUT2D eigenvalue weighted by Crippen LogP contribution is -1.92. The fraction of sp³-hybridized carbons (Fsp3) is 0. The van der Waals surface area contributed by atoms with E-state index < -0.39 is 23.3 Å². The van der Waals surface area contributed by atoms with Crippen LogP contribution in [0, 0.1) is 23.3 Å². The molecular weight excluding hydrogens is 428 g/mol. The minimum absolute atomic E-state index is 0.103. The van der Waals surface area contributed by atoms with E-state index in [0.29, 0.717) is 20.9 Å². The predicted molar refractivity (Wildman–Crippen MR) is 115 cm³/mol. The third-order valence-corrected chi connectivity index (χ3v) is 6.73. The van der Waals surface area contributed by atoms with Crippen LogP contribution in [0.25, 0.3) is 22.3 Å². The van der Waals surface area contributed by atoms with Gasteiger partial charge in [0.1, 0.15) is 23.3 Å². The zero-order valence-corrected chi connectivity index (χ0v) is 17.0. The van der Waals surface area contributed by atoms with Gasteiger partial charge in [-0.1, -0.05) is 82.3 Å². The molecular formula is C24H14F4S2. The Morgan fingerprint density at radius 1 is 0.433 bits per heavy atom. The summed E-state index contributed by atoms with van der Waals surface area (Å²) in [4.78, 5) is 0.616. The van der Waals surface area contributed by atoms with Crippen molar-refractivity contribution >= 4 is 21.6 Å². The van der Waals surface area contributed by atoms with Crippen LogP contribution < -0.4 is 0 Å². The predicted octanol–water partition coefficient (Wildman–Crippen LogP) is 8.38. The van der Waals surface area contributed by atoms with E-state index in [9.17, 15) is 17.6 Å². The van der Waals surface area contributed by atoms with Crippen molar-refractivity contribution in [2.24, 2.45) is 0 Å². The standard InChI is InChI=1S/C24H14F4S2/c25-19-11-17(12-20(26)23(19)15-7-3-1-4-8-15)29-30-18-13-21(27)24(22(28)14-18)16-9-5-2-6-10-16/h1-14H. The van der Waals surface area contributed by atoms with Gasteiger partial charge >= 0.3 is 0 Å². The van der Waals surface area contributed by atoms with Gasteiger partial charge in [0, 0.05) is 9.79 Å². The lowest BCUT2D eigenvalue weighted by molar-refractivity contribution is 0.583. The second-order valence-electron chi connectivity index (χ2n) is 6.42. The molecule has 4 aromatic rings. The molecule has 0 aliphatic rings. The number of halogens is 4. The normalized spacial score (nSPS) is 10.9. The molecule has 0 spiro atoms. The molecule has 0 radical (unpaired) electrons. The summed E-state index contributed by atoms with van der Waals surface area (Å²) in [6, 6.07) is 21.7. The van der Waals surface area contributed by atoms with Crippen LogP contribution in [0.3, 0.4) is 0 Å². The fourth-order valence-electron chi connectivity index (χ4n) is 3.05. The van der Waals surface area contributed by atoms with Crippen LogP contribution in [0.2, 0.25) is 0 Å². The quantitative estimate of drug-likeness (QED) is 0.225. The Labute approximate surface area is 179 Å². The van der Waals surface area contributed by atoms with Crippen LogP contribution in [0.1, 0.15) is 0 Å². The number of hydrogen-bond donors (Lipinski definition) is 0.